The Balaban J connectivity index is 2.68. The average Bonchev–Trinajstić information content (AvgIpc) is 2.16. The van der Waals surface area contributed by atoms with Crippen LogP contribution in [-0.2, 0) is 4.74 Å². The van der Waals surface area contributed by atoms with Gasteiger partial charge in [-0.1, -0.05) is 12.2 Å². The van der Waals surface area contributed by atoms with E-state index in [4.69, 9.17) is 5.11 Å². The van der Waals surface area contributed by atoms with Crippen molar-refractivity contribution >= 4 is 6.09 Å². The average molecular weight is 169 g/mol. The van der Waals surface area contributed by atoms with Gasteiger partial charge >= 0.3 is 6.09 Å². The number of aliphatic hydroxyl groups is 1. The van der Waals surface area contributed by atoms with Crippen molar-refractivity contribution in [3.05, 3.63) is 24.4 Å². The molecule has 1 N–H and O–H groups in total. The van der Waals surface area contributed by atoms with E-state index in [1.807, 2.05) is 0 Å². The molecule has 1 heterocycles. The van der Waals surface area contributed by atoms with Gasteiger partial charge in [0.05, 0.1) is 19.8 Å². The number of aliphatic hydroxyl groups excluding tert-OH is 1. The molecule has 1 aliphatic rings. The molecule has 1 rings (SSSR count). The van der Waals surface area contributed by atoms with Gasteiger partial charge in [0.1, 0.15) is 0 Å². The van der Waals surface area contributed by atoms with E-state index in [1.54, 1.807) is 24.4 Å². The van der Waals surface area contributed by atoms with E-state index >= 15 is 0 Å². The molecule has 0 radical (unpaired) electrons. The molecule has 0 aromatic carbocycles. The van der Waals surface area contributed by atoms with Crippen LogP contribution in [0.5, 0.6) is 0 Å². The summed E-state index contributed by atoms with van der Waals surface area (Å²) in [4.78, 5) is 12.4. The smallest absolute Gasteiger partial charge is 0.414 e. The van der Waals surface area contributed by atoms with Crippen LogP contribution in [0.25, 0.3) is 0 Å². The van der Waals surface area contributed by atoms with E-state index in [0.717, 1.165) is 0 Å². The van der Waals surface area contributed by atoms with Crippen LogP contribution in [0.4, 0.5) is 4.79 Å². The second-order valence-electron chi connectivity index (χ2n) is 2.35. The number of hydrogen-bond donors (Lipinski definition) is 1. The Labute approximate surface area is 70.7 Å². The Morgan fingerprint density at radius 1 is 1.67 bits per heavy atom. The molecule has 4 nitrogen and oxygen atoms in total. The van der Waals surface area contributed by atoms with Crippen LogP contribution in [0.3, 0.4) is 0 Å². The maximum Gasteiger partial charge on any atom is 0.414 e. The van der Waals surface area contributed by atoms with Crippen molar-refractivity contribution in [3.8, 4) is 0 Å². The van der Waals surface area contributed by atoms with Gasteiger partial charge in [0, 0.05) is 6.20 Å². The molecular weight excluding hydrogens is 158 g/mol. The lowest BCUT2D eigenvalue weighted by Gasteiger charge is -2.25. The molecule has 0 fully saturated rings. The lowest BCUT2D eigenvalue weighted by Crippen LogP contribution is -2.38. The predicted molar refractivity (Wildman–Crippen MR) is 43.4 cm³/mol. The molecular formula is C8H11NO3. The van der Waals surface area contributed by atoms with Crippen molar-refractivity contribution in [2.45, 2.75) is 6.04 Å². The minimum Gasteiger partial charge on any atom is -0.452 e. The summed E-state index contributed by atoms with van der Waals surface area (Å²) in [6, 6.07) is -0.303. The molecule has 4 heteroatoms. The van der Waals surface area contributed by atoms with E-state index in [1.165, 1.54) is 12.0 Å². The lowest BCUT2D eigenvalue weighted by molar-refractivity contribution is 0.117. The second-order valence-corrected chi connectivity index (χ2v) is 2.35. The Hall–Kier alpha value is -1.29. The van der Waals surface area contributed by atoms with Crippen molar-refractivity contribution in [1.29, 1.82) is 0 Å². The quantitative estimate of drug-likeness (QED) is 0.621. The first-order chi connectivity index (χ1) is 5.79. The lowest BCUT2D eigenvalue weighted by atomic mass is 10.2. The number of ether oxygens (including phenoxy) is 1. The van der Waals surface area contributed by atoms with Crippen LogP contribution in [0.2, 0.25) is 0 Å². The molecule has 0 aliphatic carbocycles. The third-order valence-electron chi connectivity index (χ3n) is 1.62. The van der Waals surface area contributed by atoms with Crippen LogP contribution in [0, 0.1) is 0 Å². The van der Waals surface area contributed by atoms with Crippen LogP contribution in [-0.4, -0.2) is 35.9 Å². The SMILES string of the molecule is COC(=O)N1C=CC=CC1CO. The van der Waals surface area contributed by atoms with Crippen LogP contribution >= 0.6 is 0 Å². The second kappa shape index (κ2) is 3.92. The fourth-order valence-electron chi connectivity index (χ4n) is 0.989. The molecule has 1 amide bonds. The van der Waals surface area contributed by atoms with E-state index in [0.29, 0.717) is 0 Å². The van der Waals surface area contributed by atoms with E-state index in [9.17, 15) is 4.79 Å². The Bertz CT molecular complexity index is 222. The number of methoxy groups -OCH3 is 1. The van der Waals surface area contributed by atoms with E-state index in [2.05, 4.69) is 4.74 Å². The Kier molecular flexibility index (Phi) is 2.88. The number of amides is 1. The topological polar surface area (TPSA) is 49.8 Å². The zero-order valence-corrected chi connectivity index (χ0v) is 6.80. The van der Waals surface area contributed by atoms with Gasteiger partial charge < -0.3 is 9.84 Å². The molecule has 66 valence electrons. The summed E-state index contributed by atoms with van der Waals surface area (Å²) in [7, 11) is 1.31. The summed E-state index contributed by atoms with van der Waals surface area (Å²) in [5.74, 6) is 0. The monoisotopic (exact) mass is 169 g/mol. The maximum atomic E-state index is 11.0. The maximum absolute atomic E-state index is 11.0. The van der Waals surface area contributed by atoms with Crippen LogP contribution in [0.1, 0.15) is 0 Å². The van der Waals surface area contributed by atoms with Gasteiger partial charge in [0.15, 0.2) is 0 Å². The molecule has 1 aliphatic heterocycles. The van der Waals surface area contributed by atoms with Crippen LogP contribution < -0.4 is 0 Å². The zero-order chi connectivity index (χ0) is 8.97. The molecule has 0 aromatic heterocycles. The Morgan fingerprint density at radius 3 is 3.00 bits per heavy atom. The number of carbonyl (C=O) groups excluding carboxylic acids is 1. The molecule has 0 saturated carbocycles. The van der Waals surface area contributed by atoms with Gasteiger partial charge in [-0.3, -0.25) is 4.90 Å². The normalized spacial score (nSPS) is 21.2. The summed E-state index contributed by atoms with van der Waals surface area (Å²) in [5, 5.41) is 8.87. The summed E-state index contributed by atoms with van der Waals surface area (Å²) in [5.41, 5.74) is 0. The molecule has 0 spiro atoms. The first-order valence-corrected chi connectivity index (χ1v) is 3.61. The highest BCUT2D eigenvalue weighted by atomic mass is 16.5. The van der Waals surface area contributed by atoms with Crippen molar-refractivity contribution < 1.29 is 14.6 Å². The first kappa shape index (κ1) is 8.80. The number of allylic oxidation sites excluding steroid dienone is 2. The number of carbonyl (C=O) groups is 1. The van der Waals surface area contributed by atoms with E-state index < -0.39 is 6.09 Å². The number of hydrogen-bond acceptors (Lipinski definition) is 3. The van der Waals surface area contributed by atoms with Gasteiger partial charge in [0.2, 0.25) is 0 Å². The summed E-state index contributed by atoms with van der Waals surface area (Å²) in [6.45, 7) is -0.101. The van der Waals surface area contributed by atoms with Crippen molar-refractivity contribution in [3.63, 3.8) is 0 Å². The van der Waals surface area contributed by atoms with Crippen molar-refractivity contribution in [2.75, 3.05) is 13.7 Å². The van der Waals surface area contributed by atoms with Gasteiger partial charge in [-0.05, 0) is 6.08 Å². The largest absolute Gasteiger partial charge is 0.452 e. The fraction of sp³-hybridized carbons (Fsp3) is 0.375. The third kappa shape index (κ3) is 1.65. The van der Waals surface area contributed by atoms with Gasteiger partial charge in [0.25, 0.3) is 0 Å². The summed E-state index contributed by atoms with van der Waals surface area (Å²) >= 11 is 0. The summed E-state index contributed by atoms with van der Waals surface area (Å²) < 4.78 is 4.51. The molecule has 1 atom stereocenters. The molecule has 0 bridgehead atoms. The Morgan fingerprint density at radius 2 is 2.42 bits per heavy atom. The molecule has 0 saturated heterocycles. The minimum atomic E-state index is -0.463. The number of rotatable bonds is 1. The number of nitrogens with zero attached hydrogens (tertiary/aromatic N) is 1. The van der Waals surface area contributed by atoms with Crippen LogP contribution in [0.15, 0.2) is 24.4 Å². The molecule has 1 unspecified atom stereocenters. The van der Waals surface area contributed by atoms with Crippen molar-refractivity contribution in [1.82, 2.24) is 4.90 Å². The third-order valence-corrected chi connectivity index (χ3v) is 1.62. The first-order valence-electron chi connectivity index (χ1n) is 3.61. The highest BCUT2D eigenvalue weighted by molar-refractivity contribution is 5.70. The zero-order valence-electron chi connectivity index (χ0n) is 6.80. The van der Waals surface area contributed by atoms with E-state index in [-0.39, 0.29) is 12.6 Å². The van der Waals surface area contributed by atoms with Gasteiger partial charge in [-0.2, -0.15) is 0 Å². The summed E-state index contributed by atoms with van der Waals surface area (Å²) in [6.07, 6.45) is 6.34. The highest BCUT2D eigenvalue weighted by Crippen LogP contribution is 2.08. The standard InChI is InChI=1S/C8H11NO3/c1-12-8(11)9-5-3-2-4-7(9)6-10/h2-5,7,10H,6H2,1H3. The van der Waals surface area contributed by atoms with Gasteiger partial charge in [-0.25, -0.2) is 4.79 Å². The fourth-order valence-corrected chi connectivity index (χ4v) is 0.989. The minimum absolute atomic E-state index is 0.101. The van der Waals surface area contributed by atoms with Crippen molar-refractivity contribution in [2.24, 2.45) is 0 Å². The molecule has 0 aromatic rings. The van der Waals surface area contributed by atoms with Gasteiger partial charge in [-0.15, -0.1) is 0 Å². The predicted octanol–water partition coefficient (Wildman–Crippen LogP) is 0.499. The molecule has 12 heavy (non-hydrogen) atoms. The highest BCUT2D eigenvalue weighted by Gasteiger charge is 2.20.